The maximum Gasteiger partial charge on any atom is 0.329 e. The number of amidine groups is 1. The van der Waals surface area contributed by atoms with E-state index in [1.807, 2.05) is 37.1 Å². The summed E-state index contributed by atoms with van der Waals surface area (Å²) in [6, 6.07) is 5.84. The predicted octanol–water partition coefficient (Wildman–Crippen LogP) is 3.19. The van der Waals surface area contributed by atoms with Crippen molar-refractivity contribution in [3.8, 4) is 11.3 Å². The van der Waals surface area contributed by atoms with Crippen molar-refractivity contribution in [1.82, 2.24) is 14.5 Å². The maximum absolute atomic E-state index is 12.7. The van der Waals surface area contributed by atoms with Gasteiger partial charge in [0.2, 0.25) is 0 Å². The molecule has 0 saturated heterocycles. The summed E-state index contributed by atoms with van der Waals surface area (Å²) in [7, 11) is 1.86. The zero-order valence-electron chi connectivity index (χ0n) is 15.2. The molecule has 26 heavy (non-hydrogen) atoms. The lowest BCUT2D eigenvalue weighted by Crippen LogP contribution is -2.40. The minimum atomic E-state index is -0.0700. The number of aryl methyl sites for hydroxylation is 1. The number of nitrogens with zero attached hydrogens (tertiary/aromatic N) is 4. The molecular weight excluding hydrogens is 330 g/mol. The number of rotatable bonds is 3. The second-order valence-corrected chi connectivity index (χ2v) is 6.87. The van der Waals surface area contributed by atoms with E-state index in [4.69, 9.17) is 10.9 Å². The SMILES string of the molecule is Cc1ccc(-c2cn(C(=O)N(C)C3CCCCC3)cn2)cc1/C(N)=N\O. The molecule has 1 amide bonds. The third-order valence-electron chi connectivity index (χ3n) is 5.14. The van der Waals surface area contributed by atoms with Crippen molar-refractivity contribution in [2.75, 3.05) is 7.05 Å². The number of amides is 1. The minimum Gasteiger partial charge on any atom is -0.409 e. The number of hydrogen-bond donors (Lipinski definition) is 2. The molecule has 1 saturated carbocycles. The fourth-order valence-electron chi connectivity index (χ4n) is 3.49. The molecule has 0 bridgehead atoms. The highest BCUT2D eigenvalue weighted by atomic mass is 16.4. The lowest BCUT2D eigenvalue weighted by molar-refractivity contribution is 0.175. The van der Waals surface area contributed by atoms with Crippen LogP contribution in [0.2, 0.25) is 0 Å². The van der Waals surface area contributed by atoms with Crippen LogP contribution in [-0.2, 0) is 0 Å². The Morgan fingerprint density at radius 2 is 2.08 bits per heavy atom. The van der Waals surface area contributed by atoms with Gasteiger partial charge in [-0.25, -0.2) is 9.78 Å². The summed E-state index contributed by atoms with van der Waals surface area (Å²) in [5, 5.41) is 12.0. The molecule has 1 aromatic heterocycles. The van der Waals surface area contributed by atoms with Crippen LogP contribution < -0.4 is 5.73 Å². The van der Waals surface area contributed by atoms with E-state index in [-0.39, 0.29) is 11.9 Å². The number of imidazole rings is 1. The highest BCUT2D eigenvalue weighted by molar-refractivity contribution is 5.99. The van der Waals surface area contributed by atoms with Crippen LogP contribution in [0.5, 0.6) is 0 Å². The monoisotopic (exact) mass is 355 g/mol. The van der Waals surface area contributed by atoms with Gasteiger partial charge in [0.25, 0.3) is 0 Å². The Morgan fingerprint density at radius 1 is 1.35 bits per heavy atom. The second kappa shape index (κ2) is 7.59. The van der Waals surface area contributed by atoms with E-state index < -0.39 is 0 Å². The average molecular weight is 355 g/mol. The van der Waals surface area contributed by atoms with Gasteiger partial charge in [-0.2, -0.15) is 0 Å². The fraction of sp³-hybridized carbons (Fsp3) is 0.421. The summed E-state index contributed by atoms with van der Waals surface area (Å²) in [4.78, 5) is 18.9. The van der Waals surface area contributed by atoms with Crippen molar-refractivity contribution < 1.29 is 10.0 Å². The van der Waals surface area contributed by atoms with E-state index in [0.29, 0.717) is 17.3 Å². The van der Waals surface area contributed by atoms with Crippen molar-refractivity contribution in [2.24, 2.45) is 10.9 Å². The number of benzene rings is 1. The third-order valence-corrected chi connectivity index (χ3v) is 5.14. The lowest BCUT2D eigenvalue weighted by Gasteiger charge is -2.31. The molecule has 138 valence electrons. The first-order valence-corrected chi connectivity index (χ1v) is 8.91. The standard InChI is InChI=1S/C19H25N5O2/c1-13-8-9-14(10-16(13)18(20)22-26)17-11-24(12-21-17)19(25)23(2)15-6-4-3-5-7-15/h8-12,15,26H,3-7H2,1-2H3,(H2,20,22). The van der Waals surface area contributed by atoms with Gasteiger partial charge in [-0.3, -0.25) is 4.57 Å². The molecule has 0 radical (unpaired) electrons. The highest BCUT2D eigenvalue weighted by Gasteiger charge is 2.23. The highest BCUT2D eigenvalue weighted by Crippen LogP contribution is 2.24. The minimum absolute atomic E-state index is 0.0527. The second-order valence-electron chi connectivity index (χ2n) is 6.87. The topological polar surface area (TPSA) is 96.7 Å². The van der Waals surface area contributed by atoms with Crippen LogP contribution >= 0.6 is 0 Å². The molecule has 0 atom stereocenters. The first kappa shape index (κ1) is 18.0. The van der Waals surface area contributed by atoms with Gasteiger partial charge in [0, 0.05) is 30.4 Å². The summed E-state index contributed by atoms with van der Waals surface area (Å²) in [6.45, 7) is 1.89. The maximum atomic E-state index is 12.7. The van der Waals surface area contributed by atoms with Crippen LogP contribution in [-0.4, -0.2) is 44.6 Å². The quantitative estimate of drug-likeness (QED) is 0.382. The Hall–Kier alpha value is -2.83. The van der Waals surface area contributed by atoms with E-state index in [1.165, 1.54) is 23.8 Å². The summed E-state index contributed by atoms with van der Waals surface area (Å²) in [5.74, 6) is 0.0527. The fourth-order valence-corrected chi connectivity index (χ4v) is 3.49. The molecule has 0 unspecified atom stereocenters. The van der Waals surface area contributed by atoms with E-state index >= 15 is 0 Å². The van der Waals surface area contributed by atoms with Gasteiger partial charge >= 0.3 is 6.03 Å². The molecule has 1 fully saturated rings. The van der Waals surface area contributed by atoms with Crippen molar-refractivity contribution >= 4 is 11.9 Å². The van der Waals surface area contributed by atoms with E-state index in [2.05, 4.69) is 10.1 Å². The van der Waals surface area contributed by atoms with Crippen LogP contribution in [0.15, 0.2) is 35.9 Å². The van der Waals surface area contributed by atoms with Crippen LogP contribution in [0.1, 0.15) is 43.2 Å². The van der Waals surface area contributed by atoms with Gasteiger partial charge in [-0.05, 0) is 31.4 Å². The molecular formula is C19H25N5O2. The molecule has 1 aliphatic carbocycles. The Labute approximate surface area is 153 Å². The number of carbonyl (C=O) groups is 1. The Morgan fingerprint density at radius 3 is 2.77 bits per heavy atom. The lowest BCUT2D eigenvalue weighted by atomic mass is 9.95. The molecule has 0 aliphatic heterocycles. The molecule has 0 spiro atoms. The largest absolute Gasteiger partial charge is 0.409 e. The van der Waals surface area contributed by atoms with Crippen molar-refractivity contribution in [3.63, 3.8) is 0 Å². The van der Waals surface area contributed by atoms with Gasteiger partial charge in [0.05, 0.1) is 5.69 Å². The zero-order chi connectivity index (χ0) is 18.7. The average Bonchev–Trinajstić information content (AvgIpc) is 3.17. The van der Waals surface area contributed by atoms with Crippen molar-refractivity contribution in [1.29, 1.82) is 0 Å². The van der Waals surface area contributed by atoms with Crippen molar-refractivity contribution in [3.05, 3.63) is 41.9 Å². The molecule has 1 aliphatic rings. The molecule has 7 nitrogen and oxygen atoms in total. The van der Waals surface area contributed by atoms with Gasteiger partial charge in [-0.15, -0.1) is 0 Å². The third kappa shape index (κ3) is 3.56. The first-order chi connectivity index (χ1) is 12.5. The van der Waals surface area contributed by atoms with E-state index in [9.17, 15) is 4.79 Å². The molecule has 3 N–H and O–H groups in total. The van der Waals surface area contributed by atoms with Crippen LogP contribution in [0.3, 0.4) is 0 Å². The summed E-state index contributed by atoms with van der Waals surface area (Å²) < 4.78 is 1.52. The Kier molecular flexibility index (Phi) is 5.25. The summed E-state index contributed by atoms with van der Waals surface area (Å²) in [6.07, 6.45) is 9.00. The number of carbonyl (C=O) groups excluding carboxylic acids is 1. The van der Waals surface area contributed by atoms with E-state index in [1.54, 1.807) is 12.5 Å². The van der Waals surface area contributed by atoms with Crippen LogP contribution in [0.25, 0.3) is 11.3 Å². The van der Waals surface area contributed by atoms with Crippen molar-refractivity contribution in [2.45, 2.75) is 45.1 Å². The number of oxime groups is 1. The predicted molar refractivity (Wildman–Crippen MR) is 100 cm³/mol. The Bertz CT molecular complexity index is 821. The first-order valence-electron chi connectivity index (χ1n) is 8.91. The molecule has 7 heteroatoms. The van der Waals surface area contributed by atoms with Gasteiger partial charge in [0.1, 0.15) is 6.33 Å². The number of aromatic nitrogens is 2. The summed E-state index contributed by atoms with van der Waals surface area (Å²) in [5.41, 5.74) is 8.75. The van der Waals surface area contributed by atoms with Crippen LogP contribution in [0, 0.1) is 6.92 Å². The van der Waals surface area contributed by atoms with Gasteiger partial charge < -0.3 is 15.8 Å². The van der Waals surface area contributed by atoms with Gasteiger partial charge in [-0.1, -0.05) is 36.6 Å². The van der Waals surface area contributed by atoms with E-state index in [0.717, 1.165) is 24.0 Å². The molecule has 2 aromatic rings. The molecule has 3 rings (SSSR count). The zero-order valence-corrected chi connectivity index (χ0v) is 15.2. The Balaban J connectivity index is 1.82. The number of nitrogens with two attached hydrogens (primary N) is 1. The smallest absolute Gasteiger partial charge is 0.329 e. The summed E-state index contributed by atoms with van der Waals surface area (Å²) >= 11 is 0. The molecule has 1 aromatic carbocycles. The molecule has 1 heterocycles. The van der Waals surface area contributed by atoms with Gasteiger partial charge in [0.15, 0.2) is 5.84 Å². The normalized spacial score (nSPS) is 15.8. The van der Waals surface area contributed by atoms with Crippen LogP contribution in [0.4, 0.5) is 4.79 Å². The number of hydrogen-bond acceptors (Lipinski definition) is 4.